The van der Waals surface area contributed by atoms with Gasteiger partial charge in [0.15, 0.2) is 0 Å². The van der Waals surface area contributed by atoms with E-state index in [1.807, 2.05) is 13.8 Å². The van der Waals surface area contributed by atoms with Crippen LogP contribution in [0, 0.1) is 11.8 Å². The minimum atomic E-state index is -0.218. The Morgan fingerprint density at radius 2 is 2.12 bits per heavy atom. The van der Waals surface area contributed by atoms with Crippen molar-refractivity contribution < 1.29 is 9.53 Å². The zero-order valence-electron chi connectivity index (χ0n) is 10.7. The Balaban J connectivity index is 2.64. The largest absolute Gasteiger partial charge is 0.377 e. The predicted octanol–water partition coefficient (Wildman–Crippen LogP) is 0.899. The second kappa shape index (κ2) is 5.64. The minimum absolute atomic E-state index is 0.0543. The lowest BCUT2D eigenvalue weighted by Crippen LogP contribution is -2.56. The molecule has 0 aromatic heterocycles. The summed E-state index contributed by atoms with van der Waals surface area (Å²) in [6.07, 6.45) is 1.18. The van der Waals surface area contributed by atoms with Gasteiger partial charge in [0.2, 0.25) is 5.91 Å². The molecule has 1 aliphatic rings. The number of nitrogens with one attached hydrogen (secondary N) is 1. The molecular formula is C12H24N2O2. The molecule has 1 fully saturated rings. The van der Waals surface area contributed by atoms with Crippen LogP contribution < -0.4 is 11.1 Å². The van der Waals surface area contributed by atoms with E-state index >= 15 is 0 Å². The van der Waals surface area contributed by atoms with E-state index in [2.05, 4.69) is 19.2 Å². The number of ether oxygens (including phenoxy) is 1. The van der Waals surface area contributed by atoms with Crippen LogP contribution in [-0.2, 0) is 9.53 Å². The number of hydrogen-bond acceptors (Lipinski definition) is 3. The minimum Gasteiger partial charge on any atom is -0.377 e. The fourth-order valence-corrected chi connectivity index (χ4v) is 2.56. The van der Waals surface area contributed by atoms with Gasteiger partial charge in [0, 0.05) is 12.1 Å². The van der Waals surface area contributed by atoms with Crippen molar-refractivity contribution in [3.05, 3.63) is 0 Å². The molecule has 1 aliphatic heterocycles. The number of amides is 1. The van der Waals surface area contributed by atoms with Crippen molar-refractivity contribution in [2.24, 2.45) is 17.6 Å². The van der Waals surface area contributed by atoms with Crippen LogP contribution in [0.15, 0.2) is 0 Å². The Morgan fingerprint density at radius 1 is 1.50 bits per heavy atom. The molecule has 4 heteroatoms. The molecule has 0 aromatic rings. The second-order valence-electron chi connectivity index (χ2n) is 5.20. The van der Waals surface area contributed by atoms with Crippen LogP contribution in [0.5, 0.6) is 0 Å². The average molecular weight is 228 g/mol. The predicted molar refractivity (Wildman–Crippen MR) is 63.9 cm³/mol. The molecule has 0 aliphatic carbocycles. The Morgan fingerprint density at radius 3 is 2.62 bits per heavy atom. The second-order valence-corrected chi connectivity index (χ2v) is 5.20. The molecular weight excluding hydrogens is 204 g/mol. The maximum Gasteiger partial charge on any atom is 0.222 e. The number of carbonyl (C=O) groups is 1. The summed E-state index contributed by atoms with van der Waals surface area (Å²) in [4.78, 5) is 11.5. The van der Waals surface area contributed by atoms with Crippen LogP contribution in [-0.4, -0.2) is 30.7 Å². The first-order valence-corrected chi connectivity index (χ1v) is 6.08. The summed E-state index contributed by atoms with van der Waals surface area (Å²) >= 11 is 0. The summed E-state index contributed by atoms with van der Waals surface area (Å²) in [5.74, 6) is -0.00582. The number of hydrogen-bond donors (Lipinski definition) is 2. The van der Waals surface area contributed by atoms with Gasteiger partial charge in [0.05, 0.1) is 18.6 Å². The zero-order valence-corrected chi connectivity index (χ0v) is 10.7. The van der Waals surface area contributed by atoms with E-state index in [4.69, 9.17) is 10.5 Å². The number of nitrogens with two attached hydrogens (primary N) is 1. The number of primary amides is 1. The van der Waals surface area contributed by atoms with Crippen molar-refractivity contribution >= 4 is 5.91 Å². The smallest absolute Gasteiger partial charge is 0.222 e. The molecule has 0 aromatic carbocycles. The molecule has 1 rings (SSSR count). The number of rotatable bonds is 4. The molecule has 0 saturated carbocycles. The SMILES string of the molecule is CC1CC(C)C(C(N)=O)C(COC(C)C)N1. The monoisotopic (exact) mass is 228 g/mol. The van der Waals surface area contributed by atoms with Gasteiger partial charge in [-0.15, -0.1) is 0 Å². The third-order valence-corrected chi connectivity index (χ3v) is 3.21. The maximum absolute atomic E-state index is 11.5. The highest BCUT2D eigenvalue weighted by Gasteiger charge is 2.37. The van der Waals surface area contributed by atoms with E-state index in [1.54, 1.807) is 0 Å². The van der Waals surface area contributed by atoms with Gasteiger partial charge in [-0.3, -0.25) is 4.79 Å². The third kappa shape index (κ3) is 3.46. The van der Waals surface area contributed by atoms with Gasteiger partial charge in [-0.2, -0.15) is 0 Å². The average Bonchev–Trinajstić information content (AvgIpc) is 2.12. The molecule has 94 valence electrons. The summed E-state index contributed by atoms with van der Waals surface area (Å²) in [6.45, 7) is 8.77. The van der Waals surface area contributed by atoms with Crippen molar-refractivity contribution in [3.8, 4) is 0 Å². The Hall–Kier alpha value is -0.610. The standard InChI is InChI=1S/C12H24N2O2/c1-7(2)16-6-10-11(12(13)15)8(3)5-9(4)14-10/h7-11,14H,5-6H2,1-4H3,(H2,13,15). The lowest BCUT2D eigenvalue weighted by atomic mass is 9.79. The molecule has 0 bridgehead atoms. The highest BCUT2D eigenvalue weighted by Crippen LogP contribution is 2.26. The van der Waals surface area contributed by atoms with Crippen molar-refractivity contribution in [1.82, 2.24) is 5.32 Å². The first kappa shape index (κ1) is 13.5. The molecule has 0 radical (unpaired) electrons. The summed E-state index contributed by atoms with van der Waals surface area (Å²) < 4.78 is 5.59. The Bertz CT molecular complexity index is 243. The summed E-state index contributed by atoms with van der Waals surface area (Å²) in [7, 11) is 0. The van der Waals surface area contributed by atoms with Gasteiger partial charge in [0.1, 0.15) is 0 Å². The van der Waals surface area contributed by atoms with Crippen LogP contribution in [0.4, 0.5) is 0 Å². The molecule has 1 heterocycles. The first-order chi connectivity index (χ1) is 7.41. The molecule has 1 amide bonds. The molecule has 1 saturated heterocycles. The quantitative estimate of drug-likeness (QED) is 0.751. The van der Waals surface area contributed by atoms with E-state index < -0.39 is 0 Å². The van der Waals surface area contributed by atoms with E-state index in [1.165, 1.54) is 0 Å². The molecule has 4 atom stereocenters. The van der Waals surface area contributed by atoms with Gasteiger partial charge in [-0.1, -0.05) is 6.92 Å². The summed E-state index contributed by atoms with van der Waals surface area (Å²) in [5, 5.41) is 3.41. The summed E-state index contributed by atoms with van der Waals surface area (Å²) in [6, 6.07) is 0.477. The van der Waals surface area contributed by atoms with Crippen LogP contribution in [0.2, 0.25) is 0 Å². The topological polar surface area (TPSA) is 64.4 Å². The number of piperidine rings is 1. The lowest BCUT2D eigenvalue weighted by molar-refractivity contribution is -0.126. The molecule has 4 nitrogen and oxygen atoms in total. The van der Waals surface area contributed by atoms with Gasteiger partial charge < -0.3 is 15.8 Å². The van der Waals surface area contributed by atoms with Gasteiger partial charge in [0.25, 0.3) is 0 Å². The fraction of sp³-hybridized carbons (Fsp3) is 0.917. The van der Waals surface area contributed by atoms with E-state index in [9.17, 15) is 4.79 Å². The normalized spacial score (nSPS) is 35.3. The van der Waals surface area contributed by atoms with Gasteiger partial charge in [-0.25, -0.2) is 0 Å². The fourth-order valence-electron chi connectivity index (χ4n) is 2.56. The molecule has 16 heavy (non-hydrogen) atoms. The van der Waals surface area contributed by atoms with Crippen LogP contribution in [0.3, 0.4) is 0 Å². The van der Waals surface area contributed by atoms with E-state index in [0.29, 0.717) is 18.6 Å². The van der Waals surface area contributed by atoms with Crippen molar-refractivity contribution in [1.29, 1.82) is 0 Å². The molecule has 3 N–H and O–H groups in total. The van der Waals surface area contributed by atoms with Gasteiger partial charge >= 0.3 is 0 Å². The molecule has 0 spiro atoms. The Kier molecular flexibility index (Phi) is 4.74. The maximum atomic E-state index is 11.5. The van der Waals surface area contributed by atoms with Crippen LogP contribution in [0.1, 0.15) is 34.1 Å². The lowest BCUT2D eigenvalue weighted by Gasteiger charge is -2.39. The van der Waals surface area contributed by atoms with Crippen molar-refractivity contribution in [2.45, 2.75) is 52.3 Å². The van der Waals surface area contributed by atoms with Crippen LogP contribution in [0.25, 0.3) is 0 Å². The third-order valence-electron chi connectivity index (χ3n) is 3.21. The van der Waals surface area contributed by atoms with E-state index in [0.717, 1.165) is 6.42 Å². The highest BCUT2D eigenvalue weighted by molar-refractivity contribution is 5.78. The summed E-state index contributed by atoms with van der Waals surface area (Å²) in [5.41, 5.74) is 5.47. The molecule has 4 unspecified atom stereocenters. The van der Waals surface area contributed by atoms with Crippen LogP contribution >= 0.6 is 0 Å². The first-order valence-electron chi connectivity index (χ1n) is 6.08. The number of carbonyl (C=O) groups excluding carboxylic acids is 1. The van der Waals surface area contributed by atoms with Crippen molar-refractivity contribution in [2.75, 3.05) is 6.61 Å². The zero-order chi connectivity index (χ0) is 12.3. The van der Waals surface area contributed by atoms with Crippen molar-refractivity contribution in [3.63, 3.8) is 0 Å². The van der Waals surface area contributed by atoms with E-state index in [-0.39, 0.29) is 24.0 Å². The highest BCUT2D eigenvalue weighted by atomic mass is 16.5. The Labute approximate surface area is 97.9 Å². The van der Waals surface area contributed by atoms with Gasteiger partial charge in [-0.05, 0) is 33.1 Å².